The first kappa shape index (κ1) is 30.6. The van der Waals surface area contributed by atoms with Gasteiger partial charge in [-0.2, -0.15) is 5.10 Å². The van der Waals surface area contributed by atoms with Crippen LogP contribution in [0.1, 0.15) is 32.9 Å². The Labute approximate surface area is 262 Å². The van der Waals surface area contributed by atoms with Crippen molar-refractivity contribution in [2.75, 3.05) is 11.4 Å². The number of hydrogen-bond acceptors (Lipinski definition) is 5. The van der Waals surface area contributed by atoms with Crippen LogP contribution in [0.2, 0.25) is 5.02 Å². The second-order valence-corrected chi connectivity index (χ2v) is 12.3. The van der Waals surface area contributed by atoms with Gasteiger partial charge in [0.2, 0.25) is 0 Å². The quantitative estimate of drug-likeness (QED) is 0.135. The van der Waals surface area contributed by atoms with E-state index in [4.69, 9.17) is 16.3 Å². The standard InChI is InChI=1S/C34H31ClN4O4S/c1-24-21-27(25(2)39(24)33-16-10-8-14-31(33)35)22-36-37-34(40)30-13-7-9-15-32(30)38(23-26-11-5-4-6-12-26)44(41,42)29-19-17-28(43-3)18-20-29/h4-22H,23H2,1-3H3,(H,37,40)/b36-22+. The van der Waals surface area contributed by atoms with Gasteiger partial charge < -0.3 is 9.30 Å². The number of methoxy groups -OCH3 is 1. The maximum absolute atomic E-state index is 14.0. The highest BCUT2D eigenvalue weighted by atomic mass is 35.5. The molecule has 8 nitrogen and oxygen atoms in total. The minimum absolute atomic E-state index is 0.0107. The third-order valence-electron chi connectivity index (χ3n) is 7.17. The molecule has 224 valence electrons. The molecule has 0 fully saturated rings. The van der Waals surface area contributed by atoms with Gasteiger partial charge in [-0.3, -0.25) is 9.10 Å². The summed E-state index contributed by atoms with van der Waals surface area (Å²) in [5.41, 5.74) is 7.20. The van der Waals surface area contributed by atoms with E-state index in [0.29, 0.717) is 10.8 Å². The Morgan fingerprint density at radius 1 is 0.932 bits per heavy atom. The fourth-order valence-electron chi connectivity index (χ4n) is 4.95. The van der Waals surface area contributed by atoms with Gasteiger partial charge in [-0.05, 0) is 74.0 Å². The van der Waals surface area contributed by atoms with Crippen molar-refractivity contribution in [1.82, 2.24) is 9.99 Å². The molecule has 0 unspecified atom stereocenters. The Balaban J connectivity index is 1.46. The lowest BCUT2D eigenvalue weighted by Gasteiger charge is -2.26. The minimum atomic E-state index is -4.09. The van der Waals surface area contributed by atoms with Crippen LogP contribution in [-0.2, 0) is 16.6 Å². The van der Waals surface area contributed by atoms with Crippen molar-refractivity contribution in [2.24, 2.45) is 5.10 Å². The Kier molecular flexibility index (Phi) is 9.18. The number of carbonyl (C=O) groups is 1. The van der Waals surface area contributed by atoms with Crippen molar-refractivity contribution >= 4 is 39.4 Å². The molecule has 5 aromatic rings. The van der Waals surface area contributed by atoms with Crippen LogP contribution in [0.4, 0.5) is 5.69 Å². The Morgan fingerprint density at radius 3 is 2.30 bits per heavy atom. The number of hydrogen-bond donors (Lipinski definition) is 1. The first-order valence-electron chi connectivity index (χ1n) is 13.8. The highest BCUT2D eigenvalue weighted by Gasteiger charge is 2.28. The number of aryl methyl sites for hydroxylation is 1. The van der Waals surface area contributed by atoms with Crippen LogP contribution in [0, 0.1) is 13.8 Å². The predicted molar refractivity (Wildman–Crippen MR) is 175 cm³/mol. The van der Waals surface area contributed by atoms with E-state index in [1.807, 2.05) is 79.1 Å². The van der Waals surface area contributed by atoms with E-state index in [0.717, 1.165) is 28.2 Å². The van der Waals surface area contributed by atoms with Gasteiger partial charge in [-0.15, -0.1) is 0 Å². The summed E-state index contributed by atoms with van der Waals surface area (Å²) in [4.78, 5) is 13.6. The van der Waals surface area contributed by atoms with E-state index in [9.17, 15) is 13.2 Å². The van der Waals surface area contributed by atoms with Gasteiger partial charge in [-0.1, -0.05) is 66.2 Å². The van der Waals surface area contributed by atoms with Crippen LogP contribution < -0.4 is 14.5 Å². The molecule has 0 aliphatic carbocycles. The molecule has 0 radical (unpaired) electrons. The summed E-state index contributed by atoms with van der Waals surface area (Å²) in [6, 6.07) is 31.4. The smallest absolute Gasteiger partial charge is 0.273 e. The van der Waals surface area contributed by atoms with E-state index >= 15 is 0 Å². The summed E-state index contributed by atoms with van der Waals surface area (Å²) in [6.45, 7) is 3.92. The monoisotopic (exact) mass is 626 g/mol. The number of hydrazone groups is 1. The average Bonchev–Trinajstić information content (AvgIpc) is 3.32. The van der Waals surface area contributed by atoms with Crippen molar-refractivity contribution < 1.29 is 17.9 Å². The Bertz CT molecular complexity index is 1920. The van der Waals surface area contributed by atoms with E-state index in [1.165, 1.54) is 23.5 Å². The zero-order chi connectivity index (χ0) is 31.3. The Hall–Kier alpha value is -4.86. The number of rotatable bonds is 10. The number of halogens is 1. The van der Waals surface area contributed by atoms with Crippen molar-refractivity contribution in [2.45, 2.75) is 25.3 Å². The maximum Gasteiger partial charge on any atom is 0.273 e. The molecule has 1 N–H and O–H groups in total. The van der Waals surface area contributed by atoms with Gasteiger partial charge in [-0.25, -0.2) is 13.8 Å². The lowest BCUT2D eigenvalue weighted by Crippen LogP contribution is -2.33. The number of nitrogens with one attached hydrogen (secondary N) is 1. The molecule has 0 saturated heterocycles. The van der Waals surface area contributed by atoms with Crippen LogP contribution >= 0.6 is 11.6 Å². The molecule has 1 amide bonds. The number of para-hydroxylation sites is 2. The number of ether oxygens (including phenoxy) is 1. The van der Waals surface area contributed by atoms with Crippen molar-refractivity contribution in [3.63, 3.8) is 0 Å². The molecular formula is C34H31ClN4O4S. The van der Waals surface area contributed by atoms with Crippen LogP contribution in [-0.4, -0.2) is 32.2 Å². The zero-order valence-electron chi connectivity index (χ0n) is 24.4. The fraction of sp³-hybridized carbons (Fsp3) is 0.118. The molecule has 5 rings (SSSR count). The van der Waals surface area contributed by atoms with Gasteiger partial charge in [0.05, 0.1) is 46.7 Å². The van der Waals surface area contributed by atoms with Crippen LogP contribution in [0.15, 0.2) is 119 Å². The largest absolute Gasteiger partial charge is 0.497 e. The van der Waals surface area contributed by atoms with Gasteiger partial charge in [0.25, 0.3) is 15.9 Å². The molecule has 0 aliphatic heterocycles. The number of amides is 1. The fourth-order valence-corrected chi connectivity index (χ4v) is 6.64. The molecule has 0 bridgehead atoms. The highest BCUT2D eigenvalue weighted by molar-refractivity contribution is 7.92. The third-order valence-corrected chi connectivity index (χ3v) is 9.26. The summed E-state index contributed by atoms with van der Waals surface area (Å²) in [7, 11) is -2.58. The molecular weight excluding hydrogens is 596 g/mol. The summed E-state index contributed by atoms with van der Waals surface area (Å²) in [5.74, 6) is -0.0245. The molecule has 0 spiro atoms. The van der Waals surface area contributed by atoms with Gasteiger partial charge in [0.15, 0.2) is 0 Å². The summed E-state index contributed by atoms with van der Waals surface area (Å²) >= 11 is 6.44. The summed E-state index contributed by atoms with van der Waals surface area (Å²) < 4.78 is 36.5. The molecule has 10 heteroatoms. The van der Waals surface area contributed by atoms with Crippen LogP contribution in [0.25, 0.3) is 5.69 Å². The number of benzene rings is 4. The first-order chi connectivity index (χ1) is 21.2. The molecule has 0 aliphatic rings. The first-order valence-corrected chi connectivity index (χ1v) is 15.6. The van der Waals surface area contributed by atoms with Gasteiger partial charge in [0, 0.05) is 17.0 Å². The number of carbonyl (C=O) groups excluding carboxylic acids is 1. The number of sulfonamides is 1. The second kappa shape index (κ2) is 13.2. The third kappa shape index (κ3) is 6.39. The zero-order valence-corrected chi connectivity index (χ0v) is 26.0. The normalized spacial score (nSPS) is 11.5. The molecule has 0 atom stereocenters. The SMILES string of the molecule is COc1ccc(S(=O)(=O)N(Cc2ccccc2)c2ccccc2C(=O)N/N=C/c2cc(C)n(-c3ccccc3Cl)c2C)cc1. The van der Waals surface area contributed by atoms with Crippen molar-refractivity contribution in [1.29, 1.82) is 0 Å². The molecule has 44 heavy (non-hydrogen) atoms. The van der Waals surface area contributed by atoms with Crippen molar-refractivity contribution in [3.05, 3.63) is 142 Å². The lowest BCUT2D eigenvalue weighted by molar-refractivity contribution is 0.0955. The number of anilines is 1. The Morgan fingerprint density at radius 2 is 1.59 bits per heavy atom. The average molecular weight is 627 g/mol. The van der Waals surface area contributed by atoms with E-state index < -0.39 is 15.9 Å². The van der Waals surface area contributed by atoms with Crippen LogP contribution in [0.5, 0.6) is 5.75 Å². The predicted octanol–water partition coefficient (Wildman–Crippen LogP) is 6.92. The molecule has 0 saturated carbocycles. The minimum Gasteiger partial charge on any atom is -0.497 e. The van der Waals surface area contributed by atoms with E-state index in [1.54, 1.807) is 42.6 Å². The number of aromatic nitrogens is 1. The van der Waals surface area contributed by atoms with Crippen LogP contribution in [0.3, 0.4) is 0 Å². The van der Waals surface area contributed by atoms with Gasteiger partial charge >= 0.3 is 0 Å². The summed E-state index contributed by atoms with van der Waals surface area (Å²) in [6.07, 6.45) is 1.56. The highest BCUT2D eigenvalue weighted by Crippen LogP contribution is 2.30. The van der Waals surface area contributed by atoms with E-state index in [-0.39, 0.29) is 22.7 Å². The van der Waals surface area contributed by atoms with E-state index in [2.05, 4.69) is 10.5 Å². The topological polar surface area (TPSA) is 93.0 Å². The maximum atomic E-state index is 14.0. The molecule has 1 aromatic heterocycles. The molecule has 4 aromatic carbocycles. The summed E-state index contributed by atoms with van der Waals surface area (Å²) in [5, 5.41) is 4.84. The second-order valence-electron chi connectivity index (χ2n) is 10.0. The lowest BCUT2D eigenvalue weighted by atomic mass is 10.1. The van der Waals surface area contributed by atoms with Crippen molar-refractivity contribution in [3.8, 4) is 11.4 Å². The van der Waals surface area contributed by atoms with Gasteiger partial charge in [0.1, 0.15) is 5.75 Å². The molecule has 1 heterocycles. The number of nitrogens with zero attached hydrogens (tertiary/aromatic N) is 3.